The third-order valence-electron chi connectivity index (χ3n) is 3.84. The van der Waals surface area contributed by atoms with E-state index in [1.54, 1.807) is 16.7 Å². The second kappa shape index (κ2) is 7.14. The number of nitrogens with one attached hydrogen (secondary N) is 1. The van der Waals surface area contributed by atoms with Crippen LogP contribution in [0.1, 0.15) is 30.1 Å². The normalized spacial score (nSPS) is 18.9. The van der Waals surface area contributed by atoms with Gasteiger partial charge in [0.25, 0.3) is 0 Å². The number of carbonyl (C=O) groups excluding carboxylic acids is 1. The molecule has 1 aliphatic heterocycles. The maximum Gasteiger partial charge on any atom is 0.344 e. The first-order valence-electron chi connectivity index (χ1n) is 7.68. The van der Waals surface area contributed by atoms with Gasteiger partial charge in [-0.05, 0) is 19.8 Å². The Hall–Kier alpha value is -1.86. The number of nitrogens with zero attached hydrogens (tertiary/aromatic N) is 2. The van der Waals surface area contributed by atoms with Crippen molar-refractivity contribution in [1.82, 2.24) is 14.8 Å². The van der Waals surface area contributed by atoms with Gasteiger partial charge < -0.3 is 4.74 Å². The Morgan fingerprint density at radius 1 is 1.48 bits per heavy atom. The molecule has 1 aromatic heterocycles. The Morgan fingerprint density at radius 3 is 2.96 bits per heavy atom. The second-order valence-electron chi connectivity index (χ2n) is 5.55. The van der Waals surface area contributed by atoms with E-state index in [2.05, 4.69) is 10.2 Å². The van der Waals surface area contributed by atoms with Crippen molar-refractivity contribution in [3.05, 3.63) is 46.4 Å². The van der Waals surface area contributed by atoms with E-state index in [1.807, 2.05) is 25.1 Å². The van der Waals surface area contributed by atoms with Crippen LogP contribution in [0.3, 0.4) is 0 Å². The van der Waals surface area contributed by atoms with E-state index in [1.165, 1.54) is 11.8 Å². The highest BCUT2D eigenvalue weighted by molar-refractivity contribution is 8.00. The van der Waals surface area contributed by atoms with Crippen molar-refractivity contribution in [3.8, 4) is 0 Å². The van der Waals surface area contributed by atoms with E-state index < -0.39 is 0 Å². The monoisotopic (exact) mass is 333 g/mol. The van der Waals surface area contributed by atoms with Crippen LogP contribution >= 0.6 is 11.8 Å². The third kappa shape index (κ3) is 3.73. The number of aromatic amines is 1. The highest BCUT2D eigenvalue weighted by atomic mass is 32.2. The Morgan fingerprint density at radius 2 is 2.26 bits per heavy atom. The van der Waals surface area contributed by atoms with Crippen LogP contribution in [0.2, 0.25) is 0 Å². The lowest BCUT2D eigenvalue weighted by Gasteiger charge is -2.13. The molecule has 0 radical (unpaired) electrons. The molecular formula is C16H19N3O3S. The van der Waals surface area contributed by atoms with Gasteiger partial charge in [-0.3, -0.25) is 9.36 Å². The zero-order valence-corrected chi connectivity index (χ0v) is 13.7. The minimum atomic E-state index is -0.323. The van der Waals surface area contributed by atoms with Crippen LogP contribution in [0, 0.1) is 0 Å². The summed E-state index contributed by atoms with van der Waals surface area (Å²) in [5.41, 5.74) is 0.401. The zero-order valence-electron chi connectivity index (χ0n) is 12.9. The molecule has 0 amide bonds. The molecule has 2 atom stereocenters. The second-order valence-corrected chi connectivity index (χ2v) is 6.86. The maximum atomic E-state index is 12.4. The van der Waals surface area contributed by atoms with Gasteiger partial charge >= 0.3 is 5.69 Å². The molecule has 2 heterocycles. The highest BCUT2D eigenvalue weighted by Crippen LogP contribution is 2.24. The van der Waals surface area contributed by atoms with Crippen molar-refractivity contribution in [2.75, 3.05) is 6.61 Å². The van der Waals surface area contributed by atoms with Crippen LogP contribution in [0.4, 0.5) is 0 Å². The van der Waals surface area contributed by atoms with E-state index in [4.69, 9.17) is 4.74 Å². The zero-order chi connectivity index (χ0) is 16.2. The highest BCUT2D eigenvalue weighted by Gasteiger charge is 2.23. The van der Waals surface area contributed by atoms with Crippen molar-refractivity contribution in [1.29, 1.82) is 0 Å². The predicted octanol–water partition coefficient (Wildman–Crippen LogP) is 2.11. The van der Waals surface area contributed by atoms with Crippen LogP contribution in [0.5, 0.6) is 0 Å². The molecule has 23 heavy (non-hydrogen) atoms. The van der Waals surface area contributed by atoms with E-state index in [0.717, 1.165) is 19.4 Å². The van der Waals surface area contributed by atoms with Crippen LogP contribution in [0.15, 0.2) is 40.3 Å². The predicted molar refractivity (Wildman–Crippen MR) is 87.9 cm³/mol. The molecule has 2 aromatic rings. The van der Waals surface area contributed by atoms with Gasteiger partial charge in [-0.2, -0.15) is 0 Å². The molecule has 1 fully saturated rings. The van der Waals surface area contributed by atoms with E-state index in [0.29, 0.717) is 17.3 Å². The molecule has 1 saturated heterocycles. The summed E-state index contributed by atoms with van der Waals surface area (Å²) < 4.78 is 7.15. The molecule has 0 aliphatic carbocycles. The van der Waals surface area contributed by atoms with Crippen LogP contribution in [-0.2, 0) is 11.3 Å². The Bertz CT molecular complexity index is 720. The number of rotatable bonds is 6. The number of benzene rings is 1. The van der Waals surface area contributed by atoms with Crippen LogP contribution in [0.25, 0.3) is 0 Å². The fourth-order valence-electron chi connectivity index (χ4n) is 2.59. The number of Topliss-reactive ketones (excluding diaryl/α,β-unsaturated/α-hetero) is 1. The van der Waals surface area contributed by atoms with Crippen molar-refractivity contribution in [2.45, 2.75) is 42.8 Å². The Balaban J connectivity index is 1.72. The molecule has 0 bridgehead atoms. The quantitative estimate of drug-likeness (QED) is 0.647. The molecule has 122 valence electrons. The largest absolute Gasteiger partial charge is 0.376 e. The molecule has 1 aromatic carbocycles. The Labute approximate surface area is 138 Å². The lowest BCUT2D eigenvalue weighted by atomic mass is 10.1. The van der Waals surface area contributed by atoms with E-state index in [9.17, 15) is 9.59 Å². The topological polar surface area (TPSA) is 77.0 Å². The summed E-state index contributed by atoms with van der Waals surface area (Å²) in [5, 5.41) is 6.73. The molecule has 7 heteroatoms. The summed E-state index contributed by atoms with van der Waals surface area (Å²) in [6, 6.07) is 9.15. The lowest BCUT2D eigenvalue weighted by molar-refractivity contribution is 0.0941. The molecule has 1 aliphatic rings. The number of carbonyl (C=O) groups is 1. The first-order chi connectivity index (χ1) is 11.1. The van der Waals surface area contributed by atoms with Crippen molar-refractivity contribution >= 4 is 17.5 Å². The number of H-pyrrole nitrogens is 1. The van der Waals surface area contributed by atoms with Gasteiger partial charge in [-0.1, -0.05) is 42.1 Å². The summed E-state index contributed by atoms with van der Waals surface area (Å²) in [6.07, 6.45) is 2.01. The maximum absolute atomic E-state index is 12.4. The van der Waals surface area contributed by atoms with Crippen molar-refractivity contribution in [2.24, 2.45) is 0 Å². The molecule has 0 saturated carbocycles. The number of ether oxygens (including phenoxy) is 1. The van der Waals surface area contributed by atoms with Crippen LogP contribution in [-0.4, -0.2) is 38.5 Å². The molecule has 1 N–H and O–H groups in total. The van der Waals surface area contributed by atoms with Gasteiger partial charge in [-0.15, -0.1) is 5.10 Å². The smallest absolute Gasteiger partial charge is 0.344 e. The minimum Gasteiger partial charge on any atom is -0.376 e. The first-order valence-corrected chi connectivity index (χ1v) is 8.56. The molecule has 0 spiro atoms. The average Bonchev–Trinajstić information content (AvgIpc) is 3.20. The van der Waals surface area contributed by atoms with Crippen molar-refractivity contribution < 1.29 is 9.53 Å². The van der Waals surface area contributed by atoms with Gasteiger partial charge in [-0.25, -0.2) is 9.89 Å². The number of thioether (sulfide) groups is 1. The summed E-state index contributed by atoms with van der Waals surface area (Å²) in [7, 11) is 0. The number of ketones is 1. The Kier molecular flexibility index (Phi) is 4.97. The fraction of sp³-hybridized carbons (Fsp3) is 0.438. The summed E-state index contributed by atoms with van der Waals surface area (Å²) >= 11 is 1.29. The van der Waals surface area contributed by atoms with Gasteiger partial charge in [0.2, 0.25) is 0 Å². The summed E-state index contributed by atoms with van der Waals surface area (Å²) in [4.78, 5) is 24.4. The van der Waals surface area contributed by atoms with Gasteiger partial charge in [0.15, 0.2) is 10.9 Å². The van der Waals surface area contributed by atoms with Crippen molar-refractivity contribution in [3.63, 3.8) is 0 Å². The van der Waals surface area contributed by atoms with Gasteiger partial charge in [0.1, 0.15) is 0 Å². The fourth-order valence-corrected chi connectivity index (χ4v) is 3.54. The van der Waals surface area contributed by atoms with Gasteiger partial charge in [0.05, 0.1) is 17.9 Å². The lowest BCUT2D eigenvalue weighted by Crippen LogP contribution is -2.25. The first kappa shape index (κ1) is 16.0. The van der Waals surface area contributed by atoms with E-state index >= 15 is 0 Å². The van der Waals surface area contributed by atoms with E-state index in [-0.39, 0.29) is 22.8 Å². The molecular weight excluding hydrogens is 314 g/mol. The van der Waals surface area contributed by atoms with Gasteiger partial charge in [0, 0.05) is 12.2 Å². The molecule has 6 nitrogen and oxygen atoms in total. The number of hydrogen-bond donors (Lipinski definition) is 1. The third-order valence-corrected chi connectivity index (χ3v) is 4.93. The number of aromatic nitrogens is 3. The molecule has 3 rings (SSSR count). The average molecular weight is 333 g/mol. The summed E-state index contributed by atoms with van der Waals surface area (Å²) in [6.45, 7) is 3.04. The minimum absolute atomic E-state index is 0.0229. The standard InChI is InChI=1S/C16H19N3O3S/c1-11(14(20)12-6-3-2-4-7-12)23-16-18-17-15(21)19(16)10-13-8-5-9-22-13/h2-4,6-7,11,13H,5,8-10H2,1H3,(H,17,21). The summed E-state index contributed by atoms with van der Waals surface area (Å²) in [5.74, 6) is 0.0229. The number of hydrogen-bond acceptors (Lipinski definition) is 5. The van der Waals surface area contributed by atoms with Crippen LogP contribution < -0.4 is 5.69 Å². The molecule has 2 unspecified atom stereocenters. The SMILES string of the molecule is CC(Sc1n[nH]c(=O)n1CC1CCCO1)C(=O)c1ccccc1.